The molecule has 0 spiro atoms. The zero-order valence-electron chi connectivity index (χ0n) is 17.6. The zero-order valence-corrected chi connectivity index (χ0v) is 18.4. The summed E-state index contributed by atoms with van der Waals surface area (Å²) in [5, 5.41) is 4.27. The molecule has 1 N–H and O–H groups in total. The Morgan fingerprint density at radius 3 is 2.13 bits per heavy atom. The quantitative estimate of drug-likeness (QED) is 0.428. The van der Waals surface area contributed by atoms with Crippen molar-refractivity contribution in [3.63, 3.8) is 0 Å². The summed E-state index contributed by atoms with van der Waals surface area (Å²) < 4.78 is 2.31. The fraction of sp³-hybridized carbons (Fsp3) is 0.154. The number of aryl methyl sites for hydroxylation is 1. The van der Waals surface area contributed by atoms with E-state index >= 15 is 0 Å². The van der Waals surface area contributed by atoms with Crippen molar-refractivity contribution >= 4 is 23.0 Å². The molecule has 3 heterocycles. The predicted octanol–water partition coefficient (Wildman–Crippen LogP) is 5.67. The van der Waals surface area contributed by atoms with Crippen LogP contribution in [0.4, 0.5) is 5.69 Å². The Morgan fingerprint density at radius 2 is 1.48 bits per heavy atom. The van der Waals surface area contributed by atoms with Gasteiger partial charge in [-0.3, -0.25) is 4.98 Å². The minimum Gasteiger partial charge on any atom is -0.351 e. The monoisotopic (exact) mass is 424 g/mol. The minimum absolute atomic E-state index is 0.00605. The van der Waals surface area contributed by atoms with Crippen molar-refractivity contribution in [2.75, 3.05) is 4.90 Å². The molecule has 1 saturated heterocycles. The molecule has 0 bridgehead atoms. The molecule has 0 aliphatic carbocycles. The third kappa shape index (κ3) is 3.41. The topological polar surface area (TPSA) is 33.1 Å². The number of nitrogens with one attached hydrogen (secondary N) is 1. The third-order valence-electron chi connectivity index (χ3n) is 5.94. The molecule has 5 heteroatoms. The highest BCUT2D eigenvalue weighted by Gasteiger charge is 2.42. The molecule has 0 amide bonds. The van der Waals surface area contributed by atoms with Crippen molar-refractivity contribution < 1.29 is 0 Å². The lowest BCUT2D eigenvalue weighted by Gasteiger charge is -2.28. The summed E-state index contributed by atoms with van der Waals surface area (Å²) >= 11 is 5.83. The fourth-order valence-corrected chi connectivity index (χ4v) is 4.94. The Balaban J connectivity index is 1.68. The summed E-state index contributed by atoms with van der Waals surface area (Å²) in [6, 6.07) is 29.1. The van der Waals surface area contributed by atoms with Crippen LogP contribution in [0.25, 0.3) is 5.69 Å². The van der Waals surface area contributed by atoms with Gasteiger partial charge in [0.05, 0.1) is 17.8 Å². The van der Waals surface area contributed by atoms with Crippen LogP contribution < -0.4 is 10.2 Å². The maximum Gasteiger partial charge on any atom is 0.174 e. The van der Waals surface area contributed by atoms with Gasteiger partial charge in [0.15, 0.2) is 5.11 Å². The molecule has 0 saturated carbocycles. The summed E-state index contributed by atoms with van der Waals surface area (Å²) in [6.07, 6.45) is 1.84. The van der Waals surface area contributed by atoms with Crippen LogP contribution in [0.2, 0.25) is 0 Å². The molecule has 1 aliphatic heterocycles. The van der Waals surface area contributed by atoms with Gasteiger partial charge in [-0.05, 0) is 74.1 Å². The highest BCUT2D eigenvalue weighted by Crippen LogP contribution is 2.43. The van der Waals surface area contributed by atoms with Gasteiger partial charge in [-0.2, -0.15) is 0 Å². The normalized spacial score (nSPS) is 18.3. The average Bonchev–Trinajstić information content (AvgIpc) is 3.30. The summed E-state index contributed by atoms with van der Waals surface area (Å²) in [4.78, 5) is 6.89. The van der Waals surface area contributed by atoms with E-state index in [0.717, 1.165) is 22.2 Å². The van der Waals surface area contributed by atoms with E-state index in [1.165, 1.54) is 17.0 Å². The molecule has 4 nitrogen and oxygen atoms in total. The van der Waals surface area contributed by atoms with Crippen molar-refractivity contribution in [3.8, 4) is 5.69 Å². The highest BCUT2D eigenvalue weighted by atomic mass is 32.1. The van der Waals surface area contributed by atoms with Crippen LogP contribution >= 0.6 is 12.2 Å². The minimum atomic E-state index is -0.0429. The molecule has 0 radical (unpaired) electrons. The Bertz CT molecular complexity index is 1200. The summed E-state index contributed by atoms with van der Waals surface area (Å²) in [7, 11) is 0. The second-order valence-electron chi connectivity index (χ2n) is 7.83. The number of thiocarbonyl (C=S) groups is 1. The Hall–Kier alpha value is -3.44. The van der Waals surface area contributed by atoms with Crippen LogP contribution in [0.3, 0.4) is 0 Å². The molecular formula is C26H24N4S. The highest BCUT2D eigenvalue weighted by molar-refractivity contribution is 7.80. The first kappa shape index (κ1) is 19.5. The van der Waals surface area contributed by atoms with E-state index < -0.39 is 0 Å². The number of benzene rings is 2. The number of aromatic nitrogens is 2. The number of para-hydroxylation sites is 2. The van der Waals surface area contributed by atoms with Gasteiger partial charge in [0.1, 0.15) is 0 Å². The molecule has 4 aromatic rings. The summed E-state index contributed by atoms with van der Waals surface area (Å²) in [6.45, 7) is 4.35. The van der Waals surface area contributed by atoms with Gasteiger partial charge in [-0.1, -0.05) is 42.5 Å². The summed E-state index contributed by atoms with van der Waals surface area (Å²) in [5.41, 5.74) is 6.88. The van der Waals surface area contributed by atoms with Crippen LogP contribution in [0.5, 0.6) is 0 Å². The van der Waals surface area contributed by atoms with Crippen molar-refractivity contribution in [1.82, 2.24) is 14.9 Å². The van der Waals surface area contributed by atoms with E-state index in [0.29, 0.717) is 0 Å². The van der Waals surface area contributed by atoms with Crippen LogP contribution in [0, 0.1) is 13.8 Å². The molecule has 154 valence electrons. The van der Waals surface area contributed by atoms with Gasteiger partial charge in [0.2, 0.25) is 0 Å². The second kappa shape index (κ2) is 8.00. The Kier molecular flexibility index (Phi) is 5.04. The van der Waals surface area contributed by atoms with E-state index in [1.807, 2.05) is 30.5 Å². The summed E-state index contributed by atoms with van der Waals surface area (Å²) in [5.74, 6) is 0. The maximum atomic E-state index is 5.83. The van der Waals surface area contributed by atoms with Gasteiger partial charge in [-0.25, -0.2) is 0 Å². The van der Waals surface area contributed by atoms with E-state index in [1.54, 1.807) is 0 Å². The van der Waals surface area contributed by atoms with Crippen molar-refractivity contribution in [1.29, 1.82) is 0 Å². The molecule has 1 aliphatic rings. The number of pyridine rings is 1. The van der Waals surface area contributed by atoms with Gasteiger partial charge in [0, 0.05) is 29.0 Å². The van der Waals surface area contributed by atoms with E-state index in [-0.39, 0.29) is 12.1 Å². The van der Waals surface area contributed by atoms with Crippen LogP contribution in [0.1, 0.15) is 34.7 Å². The molecular weight excluding hydrogens is 400 g/mol. The van der Waals surface area contributed by atoms with Crippen molar-refractivity contribution in [2.24, 2.45) is 0 Å². The van der Waals surface area contributed by atoms with E-state index in [2.05, 4.69) is 94.3 Å². The van der Waals surface area contributed by atoms with Crippen molar-refractivity contribution in [3.05, 3.63) is 114 Å². The van der Waals surface area contributed by atoms with Crippen molar-refractivity contribution in [2.45, 2.75) is 25.9 Å². The Labute approximate surface area is 188 Å². The SMILES string of the molecule is Cc1cc(C2C(c3ccccn3)NC(=S)N2c2ccccc2)c(C)n1-c1ccccc1. The lowest BCUT2D eigenvalue weighted by Crippen LogP contribution is -2.29. The lowest BCUT2D eigenvalue weighted by atomic mass is 9.96. The first-order chi connectivity index (χ1) is 15.1. The van der Waals surface area contributed by atoms with Crippen LogP contribution in [-0.4, -0.2) is 14.7 Å². The molecule has 2 aromatic carbocycles. The maximum absolute atomic E-state index is 5.83. The third-order valence-corrected chi connectivity index (χ3v) is 6.25. The molecule has 2 unspecified atom stereocenters. The molecule has 2 aromatic heterocycles. The predicted molar refractivity (Wildman–Crippen MR) is 130 cm³/mol. The number of nitrogens with zero attached hydrogens (tertiary/aromatic N) is 3. The number of rotatable bonds is 4. The fourth-order valence-electron chi connectivity index (χ4n) is 4.60. The van der Waals surface area contributed by atoms with Gasteiger partial charge < -0.3 is 14.8 Å². The van der Waals surface area contributed by atoms with E-state index in [4.69, 9.17) is 12.2 Å². The van der Waals surface area contributed by atoms with Gasteiger partial charge >= 0.3 is 0 Å². The first-order valence-corrected chi connectivity index (χ1v) is 10.9. The molecule has 2 atom stereocenters. The van der Waals surface area contributed by atoms with Crippen LogP contribution in [0.15, 0.2) is 91.1 Å². The average molecular weight is 425 g/mol. The van der Waals surface area contributed by atoms with Gasteiger partial charge in [0.25, 0.3) is 0 Å². The van der Waals surface area contributed by atoms with Crippen LogP contribution in [-0.2, 0) is 0 Å². The molecule has 5 rings (SSSR count). The van der Waals surface area contributed by atoms with E-state index in [9.17, 15) is 0 Å². The second-order valence-corrected chi connectivity index (χ2v) is 8.22. The standard InChI is InChI=1S/C26H24N4S/c1-18-17-22(19(2)29(18)20-11-5-3-6-12-20)25-24(23-15-9-10-16-27-23)28-26(31)30(25)21-13-7-4-8-14-21/h3-17,24-25H,1-2H3,(H,28,31). The number of hydrogen-bond acceptors (Lipinski definition) is 2. The smallest absolute Gasteiger partial charge is 0.174 e. The number of hydrogen-bond donors (Lipinski definition) is 1. The largest absolute Gasteiger partial charge is 0.351 e. The lowest BCUT2D eigenvalue weighted by molar-refractivity contribution is 0.565. The zero-order chi connectivity index (χ0) is 21.4. The first-order valence-electron chi connectivity index (χ1n) is 10.4. The molecule has 31 heavy (non-hydrogen) atoms. The Morgan fingerprint density at radius 1 is 0.839 bits per heavy atom. The van der Waals surface area contributed by atoms with Gasteiger partial charge in [-0.15, -0.1) is 0 Å². The molecule has 1 fully saturated rings. The number of anilines is 1.